The molecule has 0 aromatic rings. The third-order valence-corrected chi connectivity index (χ3v) is 6.32. The minimum absolute atomic E-state index is 0.000264. The van der Waals surface area contributed by atoms with Crippen molar-refractivity contribution in [3.63, 3.8) is 0 Å². The Morgan fingerprint density at radius 1 is 0.931 bits per heavy atom. The van der Waals surface area contributed by atoms with Crippen molar-refractivity contribution in [3.05, 3.63) is 12.2 Å². The summed E-state index contributed by atoms with van der Waals surface area (Å²) in [5.41, 5.74) is 0. The van der Waals surface area contributed by atoms with Gasteiger partial charge in [-0.3, -0.25) is 24.1 Å². The van der Waals surface area contributed by atoms with Crippen molar-refractivity contribution < 1.29 is 24.3 Å². The van der Waals surface area contributed by atoms with E-state index in [4.69, 9.17) is 5.11 Å². The van der Waals surface area contributed by atoms with Gasteiger partial charge in [0.1, 0.15) is 0 Å². The molecule has 3 aliphatic rings. The van der Waals surface area contributed by atoms with Crippen LogP contribution in [0.25, 0.3) is 0 Å². The number of carboxylic acids is 1. The molecule has 0 spiro atoms. The molecule has 2 N–H and O–H groups in total. The average molecular weight is 402 g/mol. The third-order valence-electron chi connectivity index (χ3n) is 6.32. The van der Waals surface area contributed by atoms with Gasteiger partial charge in [0.2, 0.25) is 5.91 Å². The highest BCUT2D eigenvalue weighted by atomic mass is 16.4. The number of nitrogens with zero attached hydrogens (tertiary/aromatic N) is 1. The summed E-state index contributed by atoms with van der Waals surface area (Å²) in [6, 6.07) is 0. The highest BCUT2D eigenvalue weighted by Crippen LogP contribution is 2.31. The molecule has 3 rings (SSSR count). The fourth-order valence-electron chi connectivity index (χ4n) is 4.48. The van der Waals surface area contributed by atoms with Gasteiger partial charge in [0, 0.05) is 31.2 Å². The van der Waals surface area contributed by atoms with Crippen molar-refractivity contribution in [2.75, 3.05) is 13.1 Å². The summed E-state index contributed by atoms with van der Waals surface area (Å²) in [5.74, 6) is -0.675. The van der Waals surface area contributed by atoms with Crippen LogP contribution in [0.2, 0.25) is 6.82 Å². The number of amides is 3. The number of rotatable bonds is 6. The van der Waals surface area contributed by atoms with E-state index in [-0.39, 0.29) is 35.5 Å². The molecule has 1 heterocycles. The van der Waals surface area contributed by atoms with Gasteiger partial charge in [0.05, 0.1) is 13.8 Å². The summed E-state index contributed by atoms with van der Waals surface area (Å²) in [6.07, 6.45) is 8.99. The van der Waals surface area contributed by atoms with E-state index in [2.05, 4.69) is 13.2 Å². The quantitative estimate of drug-likeness (QED) is 0.522. The van der Waals surface area contributed by atoms with Crippen LogP contribution in [0.4, 0.5) is 0 Å². The van der Waals surface area contributed by atoms with Crippen LogP contribution in [0, 0.1) is 23.7 Å². The van der Waals surface area contributed by atoms with E-state index in [1.807, 2.05) is 0 Å². The Labute approximate surface area is 173 Å². The average Bonchev–Trinajstić information content (AvgIpc) is 3.06. The second-order valence-electron chi connectivity index (χ2n) is 8.14. The molecule has 0 saturated heterocycles. The Kier molecular flexibility index (Phi) is 8.92. The predicted octanol–water partition coefficient (Wildman–Crippen LogP) is 1.93. The number of carbonyl (C=O) groups is 4. The van der Waals surface area contributed by atoms with Gasteiger partial charge < -0.3 is 10.4 Å². The standard InChI is InChI=1S/C20H28N2O5.CH3B/c23-17-9-10-18(24)22(17)12-14-3-5-15(6-4-14)19(25)21-11-13-1-7-16(8-2-13)20(26)27;1-2/h9-10,13-16H,1-8,11-12H2,(H,21,25)(H,26,27);1H3. The highest BCUT2D eigenvalue weighted by molar-refractivity contribution is 6.12. The SMILES string of the molecule is O=C(O)C1CCC(CNC(=O)C2CCC(CN3C(=O)C=CC3=O)CC2)CC1.[B]C. The third kappa shape index (κ3) is 6.44. The van der Waals surface area contributed by atoms with Crippen molar-refractivity contribution in [3.8, 4) is 0 Å². The lowest BCUT2D eigenvalue weighted by Crippen LogP contribution is -2.39. The summed E-state index contributed by atoms with van der Waals surface area (Å²) in [7, 11) is 4.50. The number of nitrogens with one attached hydrogen (secondary N) is 1. The summed E-state index contributed by atoms with van der Waals surface area (Å²) >= 11 is 0. The van der Waals surface area contributed by atoms with Crippen LogP contribution >= 0.6 is 0 Å². The number of aliphatic carboxylic acids is 1. The molecule has 2 saturated carbocycles. The fraction of sp³-hybridized carbons (Fsp3) is 0.714. The zero-order chi connectivity index (χ0) is 21.4. The molecule has 8 heteroatoms. The Hall–Kier alpha value is -2.12. The van der Waals surface area contributed by atoms with Gasteiger partial charge in [-0.1, -0.05) is 6.82 Å². The van der Waals surface area contributed by atoms with Crippen LogP contribution in [0.5, 0.6) is 0 Å². The van der Waals surface area contributed by atoms with Crippen LogP contribution in [0.1, 0.15) is 51.4 Å². The Balaban J connectivity index is 0.00000145. The Morgan fingerprint density at radius 2 is 1.41 bits per heavy atom. The van der Waals surface area contributed by atoms with Gasteiger partial charge in [0.15, 0.2) is 0 Å². The van der Waals surface area contributed by atoms with Crippen LogP contribution in [-0.2, 0) is 19.2 Å². The molecule has 2 radical (unpaired) electrons. The molecule has 0 unspecified atom stereocenters. The highest BCUT2D eigenvalue weighted by Gasteiger charge is 2.32. The van der Waals surface area contributed by atoms with Crippen molar-refractivity contribution in [2.45, 2.75) is 58.2 Å². The number of imide groups is 1. The van der Waals surface area contributed by atoms with Crippen LogP contribution < -0.4 is 5.32 Å². The van der Waals surface area contributed by atoms with Gasteiger partial charge in [0.25, 0.3) is 11.8 Å². The molecule has 2 fully saturated rings. The van der Waals surface area contributed by atoms with Crippen molar-refractivity contribution in [1.29, 1.82) is 0 Å². The molecule has 0 aromatic carbocycles. The van der Waals surface area contributed by atoms with Gasteiger partial charge in [-0.05, 0) is 63.2 Å². The predicted molar refractivity (Wildman–Crippen MR) is 109 cm³/mol. The zero-order valence-corrected chi connectivity index (χ0v) is 17.1. The molecule has 7 nitrogen and oxygen atoms in total. The smallest absolute Gasteiger partial charge is 0.306 e. The molecular formula is C21H31BN2O5. The van der Waals surface area contributed by atoms with Crippen molar-refractivity contribution in [2.24, 2.45) is 23.7 Å². The second-order valence-corrected chi connectivity index (χ2v) is 8.14. The largest absolute Gasteiger partial charge is 0.481 e. The molecule has 0 aromatic heterocycles. The van der Waals surface area contributed by atoms with Gasteiger partial charge in [-0.2, -0.15) is 0 Å². The van der Waals surface area contributed by atoms with Crippen LogP contribution in [-0.4, -0.2) is 54.6 Å². The molecule has 1 aliphatic heterocycles. The number of hydrogen-bond donors (Lipinski definition) is 2. The normalized spacial score (nSPS) is 29.2. The minimum atomic E-state index is -0.706. The maximum absolute atomic E-state index is 12.4. The molecule has 0 bridgehead atoms. The first kappa shape index (κ1) is 23.2. The zero-order valence-electron chi connectivity index (χ0n) is 17.1. The lowest BCUT2D eigenvalue weighted by Gasteiger charge is -2.31. The Bertz CT molecular complexity index is 617. The van der Waals surface area contributed by atoms with E-state index >= 15 is 0 Å². The lowest BCUT2D eigenvalue weighted by molar-refractivity contribution is -0.143. The van der Waals surface area contributed by atoms with E-state index in [1.165, 1.54) is 23.9 Å². The molecule has 0 atom stereocenters. The number of carboxylic acid groups (broad SMARTS) is 1. The molecule has 29 heavy (non-hydrogen) atoms. The maximum Gasteiger partial charge on any atom is 0.306 e. The molecular weight excluding hydrogens is 371 g/mol. The summed E-state index contributed by atoms with van der Waals surface area (Å²) in [4.78, 5) is 48.0. The molecule has 158 valence electrons. The molecule has 2 aliphatic carbocycles. The van der Waals surface area contributed by atoms with Gasteiger partial charge in [-0.15, -0.1) is 0 Å². The van der Waals surface area contributed by atoms with E-state index in [0.29, 0.717) is 31.8 Å². The summed E-state index contributed by atoms with van der Waals surface area (Å²) in [5, 5.41) is 12.1. The van der Waals surface area contributed by atoms with E-state index in [0.717, 1.165) is 38.5 Å². The van der Waals surface area contributed by atoms with Crippen molar-refractivity contribution >= 4 is 31.5 Å². The van der Waals surface area contributed by atoms with Crippen LogP contribution in [0.15, 0.2) is 12.2 Å². The van der Waals surface area contributed by atoms with Gasteiger partial charge >= 0.3 is 5.97 Å². The van der Waals surface area contributed by atoms with E-state index in [9.17, 15) is 19.2 Å². The summed E-state index contributed by atoms with van der Waals surface area (Å²) < 4.78 is 0. The second kappa shape index (κ2) is 11.2. The van der Waals surface area contributed by atoms with Crippen LogP contribution in [0.3, 0.4) is 0 Å². The maximum atomic E-state index is 12.4. The van der Waals surface area contributed by atoms with Crippen molar-refractivity contribution in [1.82, 2.24) is 10.2 Å². The topological polar surface area (TPSA) is 104 Å². The van der Waals surface area contributed by atoms with E-state index in [1.54, 1.807) is 0 Å². The summed E-state index contributed by atoms with van der Waals surface area (Å²) in [6.45, 7) is 2.58. The molecule has 3 amide bonds. The Morgan fingerprint density at radius 3 is 1.93 bits per heavy atom. The van der Waals surface area contributed by atoms with E-state index < -0.39 is 5.97 Å². The first-order valence-corrected chi connectivity index (χ1v) is 10.6. The monoisotopic (exact) mass is 402 g/mol. The first-order valence-electron chi connectivity index (χ1n) is 10.6. The minimum Gasteiger partial charge on any atom is -0.481 e. The van der Waals surface area contributed by atoms with Gasteiger partial charge in [-0.25, -0.2) is 0 Å². The number of hydrogen-bond acceptors (Lipinski definition) is 4. The first-order chi connectivity index (χ1) is 13.9. The number of carbonyl (C=O) groups excluding carboxylic acids is 3. The lowest BCUT2D eigenvalue weighted by atomic mass is 9.80. The fourth-order valence-corrected chi connectivity index (χ4v) is 4.48.